The molecule has 0 spiro atoms. The summed E-state index contributed by atoms with van der Waals surface area (Å²) in [5.41, 5.74) is -0.150. The molecule has 0 saturated heterocycles. The van der Waals surface area contributed by atoms with Gasteiger partial charge in [-0.25, -0.2) is 0 Å². The topological polar surface area (TPSA) is 9.23 Å². The van der Waals surface area contributed by atoms with Crippen molar-refractivity contribution in [1.29, 1.82) is 0 Å². The number of rotatable bonds is 11. The van der Waals surface area contributed by atoms with Crippen LogP contribution in [0, 0.1) is 0 Å². The highest BCUT2D eigenvalue weighted by molar-refractivity contribution is 5.28. The monoisotopic (exact) mass is 258 g/mol. The Morgan fingerprint density at radius 3 is 2.39 bits per heavy atom. The van der Waals surface area contributed by atoms with Crippen LogP contribution in [-0.4, -0.2) is 19.1 Å². The van der Waals surface area contributed by atoms with Crippen molar-refractivity contribution in [3.8, 4) is 0 Å². The van der Waals surface area contributed by atoms with Crippen LogP contribution in [-0.2, 0) is 4.74 Å². The van der Waals surface area contributed by atoms with Crippen molar-refractivity contribution in [2.75, 3.05) is 13.2 Å². The van der Waals surface area contributed by atoms with Gasteiger partial charge < -0.3 is 4.74 Å². The average Bonchev–Trinajstić information content (AvgIpc) is 2.34. The van der Waals surface area contributed by atoms with E-state index in [0.717, 1.165) is 25.3 Å². The van der Waals surface area contributed by atoms with Crippen LogP contribution in [0.1, 0.15) is 39.0 Å². The molecule has 0 amide bonds. The molecule has 0 bridgehead atoms. The van der Waals surface area contributed by atoms with Crippen molar-refractivity contribution in [2.24, 2.45) is 0 Å². The van der Waals surface area contributed by atoms with Crippen molar-refractivity contribution in [3.05, 3.63) is 37.0 Å². The summed E-state index contributed by atoms with van der Waals surface area (Å²) in [5.74, 6) is -2.99. The molecule has 0 aliphatic rings. The maximum absolute atomic E-state index is 13.6. The Kier molecular flexibility index (Phi) is 9.47. The first kappa shape index (κ1) is 17.0. The van der Waals surface area contributed by atoms with Gasteiger partial charge in [0.05, 0.1) is 0 Å². The Hall–Kier alpha value is -0.960. The Morgan fingerprint density at radius 2 is 1.83 bits per heavy atom. The van der Waals surface area contributed by atoms with Gasteiger partial charge in [-0.2, -0.15) is 8.78 Å². The average molecular weight is 258 g/mol. The van der Waals surface area contributed by atoms with E-state index >= 15 is 0 Å². The summed E-state index contributed by atoms with van der Waals surface area (Å²) in [6, 6.07) is 0. The van der Waals surface area contributed by atoms with Gasteiger partial charge in [-0.05, 0) is 6.42 Å². The standard InChI is InChI=1S/C15H24F2O/c1-4-7-8-9-10-12-18-13-15(16,17)14(6-3)11-5-2/h5-6,11H,2-4,7-10,12-13H2,1H3/b14-11+. The molecule has 0 aliphatic heterocycles. The fourth-order valence-electron chi connectivity index (χ4n) is 1.56. The predicted molar refractivity (Wildman–Crippen MR) is 73.0 cm³/mol. The highest BCUT2D eigenvalue weighted by Gasteiger charge is 2.32. The van der Waals surface area contributed by atoms with Gasteiger partial charge in [0.15, 0.2) is 0 Å². The SMILES string of the molecule is C=C/C=C(\C=C)C(F)(F)COCCCCCCC. The molecule has 104 valence electrons. The number of ether oxygens (including phenoxy) is 1. The summed E-state index contributed by atoms with van der Waals surface area (Å²) in [4.78, 5) is 0. The van der Waals surface area contributed by atoms with Crippen LogP contribution in [0.25, 0.3) is 0 Å². The van der Waals surface area contributed by atoms with Gasteiger partial charge in [-0.15, -0.1) is 0 Å². The lowest BCUT2D eigenvalue weighted by molar-refractivity contribution is -0.0468. The van der Waals surface area contributed by atoms with E-state index in [9.17, 15) is 8.78 Å². The molecular weight excluding hydrogens is 234 g/mol. The zero-order valence-corrected chi connectivity index (χ0v) is 11.3. The third kappa shape index (κ3) is 7.38. The molecule has 3 heteroatoms. The van der Waals surface area contributed by atoms with Crippen molar-refractivity contribution < 1.29 is 13.5 Å². The molecule has 0 rings (SSSR count). The summed E-state index contributed by atoms with van der Waals surface area (Å²) >= 11 is 0. The van der Waals surface area contributed by atoms with Crippen molar-refractivity contribution >= 4 is 0 Å². The normalized spacial score (nSPS) is 12.5. The molecule has 0 atom stereocenters. The highest BCUT2D eigenvalue weighted by Crippen LogP contribution is 2.25. The molecule has 0 aromatic carbocycles. The molecule has 18 heavy (non-hydrogen) atoms. The first-order chi connectivity index (χ1) is 8.58. The summed E-state index contributed by atoms with van der Waals surface area (Å²) in [6.07, 6.45) is 9.12. The third-order valence-electron chi connectivity index (χ3n) is 2.62. The predicted octanol–water partition coefficient (Wildman–Crippen LogP) is 4.91. The van der Waals surface area contributed by atoms with Gasteiger partial charge in [0.1, 0.15) is 6.61 Å². The van der Waals surface area contributed by atoms with Crippen LogP contribution in [0.2, 0.25) is 0 Å². The highest BCUT2D eigenvalue weighted by atomic mass is 19.3. The van der Waals surface area contributed by atoms with Crippen LogP contribution in [0.15, 0.2) is 37.0 Å². The van der Waals surface area contributed by atoms with E-state index in [0.29, 0.717) is 6.61 Å². The van der Waals surface area contributed by atoms with Crippen LogP contribution < -0.4 is 0 Å². The number of halogens is 2. The number of allylic oxidation sites excluding steroid dienone is 3. The van der Waals surface area contributed by atoms with Gasteiger partial charge in [0.2, 0.25) is 0 Å². The lowest BCUT2D eigenvalue weighted by atomic mass is 10.1. The van der Waals surface area contributed by atoms with Gasteiger partial charge in [0, 0.05) is 12.2 Å². The summed E-state index contributed by atoms with van der Waals surface area (Å²) in [6.45, 7) is 8.71. The molecule has 0 N–H and O–H groups in total. The zero-order valence-electron chi connectivity index (χ0n) is 11.3. The quantitative estimate of drug-likeness (QED) is 0.378. The summed E-state index contributed by atoms with van der Waals surface area (Å²) in [7, 11) is 0. The van der Waals surface area contributed by atoms with Crippen LogP contribution in [0.3, 0.4) is 0 Å². The fourth-order valence-corrected chi connectivity index (χ4v) is 1.56. The van der Waals surface area contributed by atoms with Crippen LogP contribution >= 0.6 is 0 Å². The molecule has 0 unspecified atom stereocenters. The molecule has 0 heterocycles. The van der Waals surface area contributed by atoms with Gasteiger partial charge in [0.25, 0.3) is 5.92 Å². The summed E-state index contributed by atoms with van der Waals surface area (Å²) < 4.78 is 32.2. The summed E-state index contributed by atoms with van der Waals surface area (Å²) in [5, 5.41) is 0. The molecule has 0 aromatic heterocycles. The number of unbranched alkanes of at least 4 members (excludes halogenated alkanes) is 4. The minimum Gasteiger partial charge on any atom is -0.375 e. The maximum atomic E-state index is 13.6. The minimum absolute atomic E-state index is 0.150. The van der Waals surface area contributed by atoms with Crippen LogP contribution in [0.5, 0.6) is 0 Å². The molecule has 0 fully saturated rings. The lowest BCUT2D eigenvalue weighted by Gasteiger charge is -2.17. The molecule has 0 saturated carbocycles. The number of hydrogen-bond donors (Lipinski definition) is 0. The number of alkyl halides is 2. The van der Waals surface area contributed by atoms with Gasteiger partial charge >= 0.3 is 0 Å². The maximum Gasteiger partial charge on any atom is 0.296 e. The lowest BCUT2D eigenvalue weighted by Crippen LogP contribution is -2.25. The minimum atomic E-state index is -2.99. The smallest absolute Gasteiger partial charge is 0.296 e. The Morgan fingerprint density at radius 1 is 1.17 bits per heavy atom. The number of hydrogen-bond acceptors (Lipinski definition) is 1. The fraction of sp³-hybridized carbons (Fsp3) is 0.600. The Balaban J connectivity index is 3.86. The van der Waals surface area contributed by atoms with Crippen molar-refractivity contribution in [3.63, 3.8) is 0 Å². The van der Waals surface area contributed by atoms with Gasteiger partial charge in [-0.1, -0.05) is 64.0 Å². The van der Waals surface area contributed by atoms with Crippen molar-refractivity contribution in [1.82, 2.24) is 0 Å². The van der Waals surface area contributed by atoms with E-state index in [-0.39, 0.29) is 5.57 Å². The van der Waals surface area contributed by atoms with E-state index in [1.807, 2.05) is 0 Å². The molecule has 0 radical (unpaired) electrons. The Bertz CT molecular complexity index is 270. The van der Waals surface area contributed by atoms with E-state index in [4.69, 9.17) is 4.74 Å². The first-order valence-electron chi connectivity index (χ1n) is 6.49. The second kappa shape index (κ2) is 10.0. The van der Waals surface area contributed by atoms with E-state index in [1.54, 1.807) is 0 Å². The Labute approximate surface area is 109 Å². The van der Waals surface area contributed by atoms with E-state index in [2.05, 4.69) is 20.1 Å². The molecule has 0 aliphatic carbocycles. The molecule has 1 nitrogen and oxygen atoms in total. The second-order valence-corrected chi connectivity index (χ2v) is 4.23. The van der Waals surface area contributed by atoms with E-state index in [1.165, 1.54) is 25.0 Å². The van der Waals surface area contributed by atoms with Crippen LogP contribution in [0.4, 0.5) is 8.78 Å². The third-order valence-corrected chi connectivity index (χ3v) is 2.62. The molecule has 0 aromatic rings. The van der Waals surface area contributed by atoms with E-state index < -0.39 is 12.5 Å². The van der Waals surface area contributed by atoms with Gasteiger partial charge in [-0.3, -0.25) is 0 Å². The van der Waals surface area contributed by atoms with Crippen molar-refractivity contribution in [2.45, 2.75) is 45.0 Å². The largest absolute Gasteiger partial charge is 0.375 e. The first-order valence-corrected chi connectivity index (χ1v) is 6.49. The second-order valence-electron chi connectivity index (χ2n) is 4.23. The zero-order chi connectivity index (χ0) is 13.9. The molecular formula is C15H24F2O.